The van der Waals surface area contributed by atoms with E-state index in [1.165, 1.54) is 0 Å². The summed E-state index contributed by atoms with van der Waals surface area (Å²) in [5.41, 5.74) is 7.03. The largest absolute Gasteiger partial charge is 0.489 e. The first kappa shape index (κ1) is 26.2. The molecule has 0 saturated carbocycles. The van der Waals surface area contributed by atoms with Gasteiger partial charge in [-0.2, -0.15) is 0 Å². The molecule has 2 aromatic carbocycles. The molecule has 0 aliphatic rings. The van der Waals surface area contributed by atoms with Gasteiger partial charge in [-0.25, -0.2) is 0 Å². The normalized spacial score (nSPS) is 12.3. The summed E-state index contributed by atoms with van der Waals surface area (Å²) in [6.45, 7) is 12.1. The number of carbonyl (C=O) groups is 2. The number of benzene rings is 2. The van der Waals surface area contributed by atoms with Crippen LogP contribution in [0.5, 0.6) is 5.75 Å². The molecular formula is C27H39N3O3. The Hall–Kier alpha value is -3.02. The second-order valence-corrected chi connectivity index (χ2v) is 9.81. The molecule has 1 unspecified atom stereocenters. The monoisotopic (exact) mass is 453 g/mol. The molecule has 33 heavy (non-hydrogen) atoms. The molecule has 0 spiro atoms. The molecule has 0 bridgehead atoms. The van der Waals surface area contributed by atoms with Crippen LogP contribution in [0, 0.1) is 11.8 Å². The van der Waals surface area contributed by atoms with E-state index in [2.05, 4.69) is 36.2 Å². The number of nitrogens with one attached hydrogen (secondary N) is 1. The lowest BCUT2D eigenvalue weighted by molar-refractivity contribution is -0.128. The predicted molar refractivity (Wildman–Crippen MR) is 134 cm³/mol. The third kappa shape index (κ3) is 9.56. The fourth-order valence-corrected chi connectivity index (χ4v) is 3.53. The number of ether oxygens (including phenoxy) is 1. The molecule has 0 aliphatic heterocycles. The van der Waals surface area contributed by atoms with Crippen molar-refractivity contribution in [1.82, 2.24) is 5.32 Å². The van der Waals surface area contributed by atoms with Crippen molar-refractivity contribution in [1.29, 1.82) is 0 Å². The number of nitrogens with two attached hydrogens (primary N) is 1. The van der Waals surface area contributed by atoms with Crippen molar-refractivity contribution in [3.05, 3.63) is 60.2 Å². The fraction of sp³-hybridized carbons (Fsp3) is 0.481. The van der Waals surface area contributed by atoms with Gasteiger partial charge in [0.2, 0.25) is 11.8 Å². The van der Waals surface area contributed by atoms with Gasteiger partial charge in [-0.05, 0) is 56.0 Å². The molecule has 2 amide bonds. The third-order valence-electron chi connectivity index (χ3n) is 5.47. The Bertz CT molecular complexity index is 879. The average Bonchev–Trinajstić information content (AvgIpc) is 2.75. The quantitative estimate of drug-likeness (QED) is 0.467. The van der Waals surface area contributed by atoms with Crippen LogP contribution in [0.3, 0.4) is 0 Å². The zero-order chi connectivity index (χ0) is 24.4. The minimum Gasteiger partial charge on any atom is -0.489 e. The first-order valence-electron chi connectivity index (χ1n) is 11.7. The maximum absolute atomic E-state index is 12.4. The molecule has 2 rings (SSSR count). The van der Waals surface area contributed by atoms with Crippen molar-refractivity contribution in [2.75, 3.05) is 18.0 Å². The first-order valence-corrected chi connectivity index (χ1v) is 11.7. The van der Waals surface area contributed by atoms with E-state index in [-0.39, 0.29) is 12.3 Å². The number of anilines is 1. The number of rotatable bonds is 13. The van der Waals surface area contributed by atoms with Crippen LogP contribution in [0.4, 0.5) is 5.69 Å². The Morgan fingerprint density at radius 3 is 2.24 bits per heavy atom. The molecule has 6 nitrogen and oxygen atoms in total. The van der Waals surface area contributed by atoms with Gasteiger partial charge in [0.15, 0.2) is 0 Å². The van der Waals surface area contributed by atoms with Crippen molar-refractivity contribution in [2.24, 2.45) is 17.6 Å². The van der Waals surface area contributed by atoms with E-state index < -0.39 is 17.4 Å². The van der Waals surface area contributed by atoms with Gasteiger partial charge in [0.1, 0.15) is 12.4 Å². The van der Waals surface area contributed by atoms with Crippen LogP contribution < -0.4 is 20.7 Å². The third-order valence-corrected chi connectivity index (χ3v) is 5.47. The SMILES string of the molecule is CC(C)CCN(CC(C)(C)NC(=O)CC(C)C(N)=O)c1ccc(OCc2ccccc2)cc1. The number of primary amides is 1. The molecule has 3 N–H and O–H groups in total. The van der Waals surface area contributed by atoms with Gasteiger partial charge in [-0.15, -0.1) is 0 Å². The lowest BCUT2D eigenvalue weighted by Crippen LogP contribution is -2.52. The Morgan fingerprint density at radius 1 is 1.03 bits per heavy atom. The minimum atomic E-state index is -0.485. The highest BCUT2D eigenvalue weighted by Gasteiger charge is 2.26. The van der Waals surface area contributed by atoms with E-state index in [1.54, 1.807) is 6.92 Å². The van der Waals surface area contributed by atoms with E-state index >= 15 is 0 Å². The summed E-state index contributed by atoms with van der Waals surface area (Å²) in [6, 6.07) is 18.2. The van der Waals surface area contributed by atoms with Gasteiger partial charge in [-0.1, -0.05) is 51.1 Å². The van der Waals surface area contributed by atoms with Gasteiger partial charge in [0.25, 0.3) is 0 Å². The summed E-state index contributed by atoms with van der Waals surface area (Å²) in [7, 11) is 0. The van der Waals surface area contributed by atoms with E-state index in [0.717, 1.165) is 30.0 Å². The highest BCUT2D eigenvalue weighted by Crippen LogP contribution is 2.23. The highest BCUT2D eigenvalue weighted by atomic mass is 16.5. The molecule has 0 saturated heterocycles. The first-order chi connectivity index (χ1) is 15.6. The molecule has 1 atom stereocenters. The molecule has 6 heteroatoms. The molecule has 0 radical (unpaired) electrons. The number of carbonyl (C=O) groups excluding carboxylic acids is 2. The minimum absolute atomic E-state index is 0.0954. The topological polar surface area (TPSA) is 84.7 Å². The second kappa shape index (κ2) is 12.3. The van der Waals surface area contributed by atoms with Crippen molar-refractivity contribution in [3.63, 3.8) is 0 Å². The van der Waals surface area contributed by atoms with Gasteiger partial charge >= 0.3 is 0 Å². The van der Waals surface area contributed by atoms with Gasteiger partial charge < -0.3 is 20.7 Å². The van der Waals surface area contributed by atoms with Crippen LogP contribution >= 0.6 is 0 Å². The molecule has 0 aliphatic carbocycles. The second-order valence-electron chi connectivity index (χ2n) is 9.81. The van der Waals surface area contributed by atoms with Gasteiger partial charge in [0.05, 0.1) is 5.54 Å². The maximum atomic E-state index is 12.4. The zero-order valence-corrected chi connectivity index (χ0v) is 20.6. The van der Waals surface area contributed by atoms with Crippen LogP contribution in [0.2, 0.25) is 0 Å². The van der Waals surface area contributed by atoms with Crippen LogP contribution in [-0.2, 0) is 16.2 Å². The Morgan fingerprint density at radius 2 is 1.67 bits per heavy atom. The molecule has 2 aromatic rings. The van der Waals surface area contributed by atoms with Crippen molar-refractivity contribution >= 4 is 17.5 Å². The van der Waals surface area contributed by atoms with Crippen LogP contribution in [-0.4, -0.2) is 30.4 Å². The van der Waals surface area contributed by atoms with E-state index in [9.17, 15) is 9.59 Å². The van der Waals surface area contributed by atoms with Crippen molar-refractivity contribution in [2.45, 2.75) is 59.6 Å². The molecular weight excluding hydrogens is 414 g/mol. The summed E-state index contributed by atoms with van der Waals surface area (Å²) in [5.74, 6) is 0.270. The fourth-order valence-electron chi connectivity index (χ4n) is 3.53. The van der Waals surface area contributed by atoms with Gasteiger partial charge in [0, 0.05) is 31.1 Å². The standard InChI is InChI=1S/C27H39N3O3/c1-20(2)15-16-30(19-27(4,5)29-25(31)17-21(3)26(28)32)23-11-13-24(14-12-23)33-18-22-9-7-6-8-10-22/h6-14,20-21H,15-19H2,1-5H3,(H2,28,32)(H,29,31). The molecule has 0 fully saturated rings. The van der Waals surface area contributed by atoms with Gasteiger partial charge in [-0.3, -0.25) is 9.59 Å². The Kier molecular flexibility index (Phi) is 9.76. The number of nitrogens with zero attached hydrogens (tertiary/aromatic N) is 1. The number of amides is 2. The van der Waals surface area contributed by atoms with Crippen molar-refractivity contribution < 1.29 is 14.3 Å². The summed E-state index contributed by atoms with van der Waals surface area (Å²) >= 11 is 0. The zero-order valence-electron chi connectivity index (χ0n) is 20.6. The van der Waals surface area contributed by atoms with Crippen molar-refractivity contribution in [3.8, 4) is 5.75 Å². The van der Waals surface area contributed by atoms with Crippen LogP contribution in [0.25, 0.3) is 0 Å². The summed E-state index contributed by atoms with van der Waals surface area (Å²) in [5, 5.41) is 3.07. The van der Waals surface area contributed by atoms with E-state index in [1.807, 2.05) is 56.3 Å². The smallest absolute Gasteiger partial charge is 0.221 e. The summed E-state index contributed by atoms with van der Waals surface area (Å²) in [4.78, 5) is 26.0. The average molecular weight is 454 g/mol. The van der Waals surface area contributed by atoms with E-state index in [4.69, 9.17) is 10.5 Å². The lowest BCUT2D eigenvalue weighted by Gasteiger charge is -2.35. The summed E-state index contributed by atoms with van der Waals surface area (Å²) < 4.78 is 5.92. The Labute approximate surface area is 198 Å². The molecule has 0 aromatic heterocycles. The molecule has 180 valence electrons. The van der Waals surface area contributed by atoms with Crippen LogP contribution in [0.15, 0.2) is 54.6 Å². The molecule has 0 heterocycles. The summed E-state index contributed by atoms with van der Waals surface area (Å²) in [6.07, 6.45) is 1.13. The number of hydrogen-bond donors (Lipinski definition) is 2. The predicted octanol–water partition coefficient (Wildman–Crippen LogP) is 4.52. The Balaban J connectivity index is 2.04. The van der Waals surface area contributed by atoms with Crippen LogP contribution in [0.1, 0.15) is 53.0 Å². The van der Waals surface area contributed by atoms with E-state index in [0.29, 0.717) is 19.1 Å². The lowest BCUT2D eigenvalue weighted by atomic mass is 10.0. The highest BCUT2D eigenvalue weighted by molar-refractivity contribution is 5.84. The number of hydrogen-bond acceptors (Lipinski definition) is 4. The maximum Gasteiger partial charge on any atom is 0.221 e.